The summed E-state index contributed by atoms with van der Waals surface area (Å²) in [4.78, 5) is 28.6. The molecule has 0 saturated carbocycles. The molecule has 0 aliphatic carbocycles. The van der Waals surface area contributed by atoms with E-state index >= 15 is 0 Å². The number of carbonyl (C=O) groups excluding carboxylic acids is 2. The van der Waals surface area contributed by atoms with Gasteiger partial charge < -0.3 is 10.2 Å². The summed E-state index contributed by atoms with van der Waals surface area (Å²) in [7, 11) is -4.10. The molecule has 0 bridgehead atoms. The normalized spacial score (nSPS) is 12.1. The molecule has 0 heterocycles. The van der Waals surface area contributed by atoms with Gasteiger partial charge in [-0.1, -0.05) is 76.8 Å². The number of hydrogen-bond donors (Lipinski definition) is 1. The van der Waals surface area contributed by atoms with Gasteiger partial charge in [0.1, 0.15) is 12.6 Å². The van der Waals surface area contributed by atoms with Crippen molar-refractivity contribution in [3.05, 3.63) is 93.5 Å². The van der Waals surface area contributed by atoms with Crippen LogP contribution < -0.4 is 9.62 Å². The Morgan fingerprint density at radius 2 is 1.62 bits per heavy atom. The van der Waals surface area contributed by atoms with Crippen molar-refractivity contribution < 1.29 is 18.0 Å². The lowest BCUT2D eigenvalue weighted by Crippen LogP contribution is -2.51. The number of rotatable bonds is 12. The molecule has 0 spiro atoms. The van der Waals surface area contributed by atoms with Crippen LogP contribution >= 0.6 is 15.9 Å². The van der Waals surface area contributed by atoms with Crippen LogP contribution in [-0.4, -0.2) is 44.3 Å². The van der Waals surface area contributed by atoms with Gasteiger partial charge in [-0.05, 0) is 75.6 Å². The Balaban J connectivity index is 2.04. The Labute approximate surface area is 246 Å². The zero-order chi connectivity index (χ0) is 29.4. The predicted octanol–water partition coefficient (Wildman–Crippen LogP) is 5.90. The van der Waals surface area contributed by atoms with E-state index in [0.29, 0.717) is 12.2 Å². The molecule has 40 heavy (non-hydrogen) atoms. The van der Waals surface area contributed by atoms with Crippen molar-refractivity contribution in [1.29, 1.82) is 0 Å². The highest BCUT2D eigenvalue weighted by Crippen LogP contribution is 2.28. The third kappa shape index (κ3) is 7.95. The summed E-state index contributed by atoms with van der Waals surface area (Å²) >= 11 is 3.47. The second kappa shape index (κ2) is 13.9. The van der Waals surface area contributed by atoms with Crippen LogP contribution in [0.3, 0.4) is 0 Å². The zero-order valence-electron chi connectivity index (χ0n) is 23.8. The maximum absolute atomic E-state index is 14.0. The largest absolute Gasteiger partial charge is 0.354 e. The van der Waals surface area contributed by atoms with E-state index in [0.717, 1.165) is 43.9 Å². The summed E-state index contributed by atoms with van der Waals surface area (Å²) < 4.78 is 30.0. The molecule has 2 amide bonds. The van der Waals surface area contributed by atoms with Crippen LogP contribution in [0.4, 0.5) is 5.69 Å². The molecule has 0 unspecified atom stereocenters. The quantitative estimate of drug-likeness (QED) is 0.253. The standard InChI is InChI=1S/C31H38BrN3O4S/c1-6-7-17-33-31(37)25(5)34(20-26-9-8-10-27(32)19-26)30(36)21-35(29-16-13-23(3)18-24(29)4)40(38,39)28-14-11-22(2)12-15-28/h8-16,18-19,25H,6-7,17,20-21H2,1-5H3,(H,33,37)/t25-/m1/s1. The highest BCUT2D eigenvalue weighted by molar-refractivity contribution is 9.10. The van der Waals surface area contributed by atoms with Crippen LogP contribution in [0.2, 0.25) is 0 Å². The molecule has 3 aromatic carbocycles. The number of benzene rings is 3. The van der Waals surface area contributed by atoms with Gasteiger partial charge in [-0.3, -0.25) is 13.9 Å². The van der Waals surface area contributed by atoms with E-state index in [-0.39, 0.29) is 17.3 Å². The number of sulfonamides is 1. The Morgan fingerprint density at radius 1 is 0.950 bits per heavy atom. The maximum Gasteiger partial charge on any atom is 0.264 e. The van der Waals surface area contributed by atoms with Gasteiger partial charge in [0.05, 0.1) is 10.6 Å². The molecule has 9 heteroatoms. The summed E-state index contributed by atoms with van der Waals surface area (Å²) in [6, 6.07) is 18.7. The summed E-state index contributed by atoms with van der Waals surface area (Å²) in [6.45, 7) is 9.55. The molecule has 3 rings (SSSR count). The second-order valence-corrected chi connectivity index (χ2v) is 12.9. The van der Waals surface area contributed by atoms with Gasteiger partial charge in [0.2, 0.25) is 11.8 Å². The van der Waals surface area contributed by atoms with Gasteiger partial charge in [0.15, 0.2) is 0 Å². The van der Waals surface area contributed by atoms with Crippen molar-refractivity contribution in [2.45, 2.75) is 64.9 Å². The predicted molar refractivity (Wildman–Crippen MR) is 164 cm³/mol. The van der Waals surface area contributed by atoms with Crippen LogP contribution in [0.1, 0.15) is 48.9 Å². The number of nitrogens with one attached hydrogen (secondary N) is 1. The van der Waals surface area contributed by atoms with Gasteiger partial charge in [0, 0.05) is 17.6 Å². The molecule has 3 aromatic rings. The molecule has 0 aliphatic rings. The van der Waals surface area contributed by atoms with Gasteiger partial charge in [-0.25, -0.2) is 8.42 Å². The molecule has 0 fully saturated rings. The van der Waals surface area contributed by atoms with E-state index in [2.05, 4.69) is 21.2 Å². The van der Waals surface area contributed by atoms with Crippen LogP contribution in [0, 0.1) is 20.8 Å². The monoisotopic (exact) mass is 627 g/mol. The minimum atomic E-state index is -4.10. The van der Waals surface area contributed by atoms with Crippen molar-refractivity contribution in [1.82, 2.24) is 10.2 Å². The third-order valence-corrected chi connectivity index (χ3v) is 9.01. The van der Waals surface area contributed by atoms with Gasteiger partial charge in [-0.15, -0.1) is 0 Å². The minimum Gasteiger partial charge on any atom is -0.354 e. The van der Waals surface area contributed by atoms with Crippen LogP contribution in [-0.2, 0) is 26.2 Å². The Bertz CT molecular complexity index is 1440. The minimum absolute atomic E-state index is 0.0924. The van der Waals surface area contributed by atoms with Crippen molar-refractivity contribution in [2.24, 2.45) is 0 Å². The number of nitrogens with zero attached hydrogens (tertiary/aromatic N) is 2. The number of halogens is 1. The molecular weight excluding hydrogens is 590 g/mol. The first-order valence-electron chi connectivity index (χ1n) is 13.4. The molecule has 1 atom stereocenters. The Hall–Kier alpha value is -3.17. The summed E-state index contributed by atoms with van der Waals surface area (Å²) in [5, 5.41) is 2.90. The third-order valence-electron chi connectivity index (χ3n) is 6.75. The number of carbonyl (C=O) groups is 2. The molecular formula is C31H38BrN3O4S. The average molecular weight is 629 g/mol. The second-order valence-electron chi connectivity index (χ2n) is 10.1. The van der Waals surface area contributed by atoms with Crippen LogP contribution in [0.5, 0.6) is 0 Å². The van der Waals surface area contributed by atoms with E-state index in [4.69, 9.17) is 0 Å². The lowest BCUT2D eigenvalue weighted by atomic mass is 10.1. The molecule has 0 aliphatic heterocycles. The number of unbranched alkanes of at least 4 members (excludes halogenated alkanes) is 1. The van der Waals surface area contributed by atoms with E-state index < -0.39 is 28.5 Å². The van der Waals surface area contributed by atoms with E-state index in [1.807, 2.05) is 64.1 Å². The van der Waals surface area contributed by atoms with Gasteiger partial charge in [0.25, 0.3) is 10.0 Å². The zero-order valence-corrected chi connectivity index (χ0v) is 26.2. The Morgan fingerprint density at radius 3 is 2.25 bits per heavy atom. The fourth-order valence-corrected chi connectivity index (χ4v) is 6.31. The van der Waals surface area contributed by atoms with E-state index in [1.54, 1.807) is 37.3 Å². The smallest absolute Gasteiger partial charge is 0.264 e. The van der Waals surface area contributed by atoms with Crippen molar-refractivity contribution in [2.75, 3.05) is 17.4 Å². The summed E-state index contributed by atoms with van der Waals surface area (Å²) in [6.07, 6.45) is 1.75. The molecule has 1 N–H and O–H groups in total. The summed E-state index contributed by atoms with van der Waals surface area (Å²) in [5.41, 5.74) is 3.87. The van der Waals surface area contributed by atoms with Gasteiger partial charge in [-0.2, -0.15) is 0 Å². The first-order valence-corrected chi connectivity index (χ1v) is 15.7. The number of amides is 2. The first kappa shape index (κ1) is 31.4. The van der Waals surface area contributed by atoms with Gasteiger partial charge >= 0.3 is 0 Å². The van der Waals surface area contributed by atoms with Crippen molar-refractivity contribution in [3.63, 3.8) is 0 Å². The van der Waals surface area contributed by atoms with Crippen LogP contribution in [0.15, 0.2) is 76.1 Å². The fraction of sp³-hybridized carbons (Fsp3) is 0.355. The highest BCUT2D eigenvalue weighted by Gasteiger charge is 2.33. The maximum atomic E-state index is 14.0. The molecule has 0 radical (unpaired) electrons. The SMILES string of the molecule is CCCCNC(=O)[C@@H](C)N(Cc1cccc(Br)c1)C(=O)CN(c1ccc(C)cc1C)S(=O)(=O)c1ccc(C)cc1. The summed E-state index contributed by atoms with van der Waals surface area (Å²) in [5.74, 6) is -0.759. The fourth-order valence-electron chi connectivity index (χ4n) is 4.39. The number of hydrogen-bond acceptors (Lipinski definition) is 4. The Kier molecular flexibility index (Phi) is 10.9. The average Bonchev–Trinajstić information content (AvgIpc) is 2.90. The first-order chi connectivity index (χ1) is 18.9. The molecule has 0 aromatic heterocycles. The van der Waals surface area contributed by atoms with E-state index in [1.165, 1.54) is 4.90 Å². The molecule has 0 saturated heterocycles. The highest BCUT2D eigenvalue weighted by atomic mass is 79.9. The molecule has 214 valence electrons. The van der Waals surface area contributed by atoms with Crippen molar-refractivity contribution in [3.8, 4) is 0 Å². The number of aryl methyl sites for hydroxylation is 3. The van der Waals surface area contributed by atoms with E-state index in [9.17, 15) is 18.0 Å². The van der Waals surface area contributed by atoms with Crippen molar-refractivity contribution >= 4 is 43.5 Å². The lowest BCUT2D eigenvalue weighted by Gasteiger charge is -2.32. The molecule has 7 nitrogen and oxygen atoms in total. The number of anilines is 1. The topological polar surface area (TPSA) is 86.8 Å². The lowest BCUT2D eigenvalue weighted by molar-refractivity contribution is -0.139. The van der Waals surface area contributed by atoms with Crippen LogP contribution in [0.25, 0.3) is 0 Å².